The van der Waals surface area contributed by atoms with Gasteiger partial charge >= 0.3 is 6.03 Å². The molecule has 0 aliphatic carbocycles. The number of hydrogen-bond donors (Lipinski definition) is 1. The van der Waals surface area contributed by atoms with Crippen molar-refractivity contribution in [3.05, 3.63) is 48.4 Å². The summed E-state index contributed by atoms with van der Waals surface area (Å²) in [5, 5.41) is 2.88. The lowest BCUT2D eigenvalue weighted by molar-refractivity contribution is 0.200. The zero-order chi connectivity index (χ0) is 18.8. The molecule has 2 saturated heterocycles. The van der Waals surface area contributed by atoms with Gasteiger partial charge in [0.15, 0.2) is 11.6 Å². The van der Waals surface area contributed by atoms with Gasteiger partial charge in [0, 0.05) is 31.4 Å². The number of nitrogens with zero attached hydrogens (tertiary/aromatic N) is 3. The van der Waals surface area contributed by atoms with Gasteiger partial charge in [-0.1, -0.05) is 12.1 Å². The number of amides is 2. The van der Waals surface area contributed by atoms with Crippen LogP contribution >= 0.6 is 0 Å². The molecule has 2 aliphatic rings. The molecule has 3 heterocycles. The lowest BCUT2D eigenvalue weighted by atomic mass is 10.1. The van der Waals surface area contributed by atoms with Gasteiger partial charge < -0.3 is 15.0 Å². The number of aromatic nitrogens is 1. The zero-order valence-corrected chi connectivity index (χ0v) is 15.3. The van der Waals surface area contributed by atoms with Crippen LogP contribution in [-0.4, -0.2) is 53.0 Å². The highest BCUT2D eigenvalue weighted by Crippen LogP contribution is 2.31. The number of anilines is 1. The fraction of sp³-hybridized carbons (Fsp3) is 0.400. The number of ether oxygens (including phenoxy) is 1. The number of rotatable bonds is 3. The minimum absolute atomic E-state index is 0.0698. The maximum Gasteiger partial charge on any atom is 0.322 e. The standard InChI is InChI=1S/C20H23FN4O2/c1-24-14-8-9-15(24)13-25(12-10-14)20(26)23-17-6-4-11-22-19(17)27-18-7-3-2-5-16(18)21/h2-7,11,14-15H,8-10,12-13H2,1H3,(H,23,26)/t14-,15+/m0/s1. The Morgan fingerprint density at radius 2 is 2.00 bits per heavy atom. The Balaban J connectivity index is 1.48. The van der Waals surface area contributed by atoms with Crippen molar-refractivity contribution in [1.82, 2.24) is 14.8 Å². The molecule has 142 valence electrons. The number of nitrogens with one attached hydrogen (secondary N) is 1. The Morgan fingerprint density at radius 3 is 2.85 bits per heavy atom. The molecule has 2 bridgehead atoms. The fourth-order valence-corrected chi connectivity index (χ4v) is 3.89. The van der Waals surface area contributed by atoms with Crippen molar-refractivity contribution in [2.45, 2.75) is 31.3 Å². The van der Waals surface area contributed by atoms with E-state index in [0.29, 0.717) is 24.3 Å². The van der Waals surface area contributed by atoms with Gasteiger partial charge in [0.05, 0.1) is 0 Å². The number of likely N-dealkylation sites (N-methyl/N-ethyl adjacent to an activating group) is 1. The second kappa shape index (κ2) is 7.52. The second-order valence-electron chi connectivity index (χ2n) is 7.10. The molecule has 1 N–H and O–H groups in total. The number of fused-ring (bicyclic) bond motifs is 2. The summed E-state index contributed by atoms with van der Waals surface area (Å²) < 4.78 is 19.5. The summed E-state index contributed by atoms with van der Waals surface area (Å²) in [5.74, 6) is -0.239. The summed E-state index contributed by atoms with van der Waals surface area (Å²) in [4.78, 5) is 21.2. The first kappa shape index (κ1) is 17.7. The molecule has 1 aromatic heterocycles. The van der Waals surface area contributed by atoms with E-state index < -0.39 is 5.82 Å². The fourth-order valence-electron chi connectivity index (χ4n) is 3.89. The minimum atomic E-state index is -0.480. The topological polar surface area (TPSA) is 57.7 Å². The number of carbonyl (C=O) groups excluding carboxylic acids is 1. The summed E-state index contributed by atoms with van der Waals surface area (Å²) >= 11 is 0. The molecule has 0 spiro atoms. The third kappa shape index (κ3) is 3.73. The summed E-state index contributed by atoms with van der Waals surface area (Å²) in [6.07, 6.45) is 4.86. The van der Waals surface area contributed by atoms with E-state index in [0.717, 1.165) is 19.4 Å². The Bertz CT molecular complexity index is 831. The van der Waals surface area contributed by atoms with Crippen LogP contribution < -0.4 is 10.1 Å². The molecule has 0 saturated carbocycles. The van der Waals surface area contributed by atoms with Crippen molar-refractivity contribution in [1.29, 1.82) is 0 Å². The average molecular weight is 370 g/mol. The maximum absolute atomic E-state index is 13.9. The average Bonchev–Trinajstić information content (AvgIpc) is 2.90. The molecule has 2 aliphatic heterocycles. The van der Waals surface area contributed by atoms with Crippen LogP contribution in [-0.2, 0) is 0 Å². The number of likely N-dealkylation sites (tertiary alicyclic amines) is 1. The van der Waals surface area contributed by atoms with Crippen molar-refractivity contribution < 1.29 is 13.9 Å². The highest BCUT2D eigenvalue weighted by molar-refractivity contribution is 5.90. The normalized spacial score (nSPS) is 22.4. The Kier molecular flexibility index (Phi) is 4.94. The third-order valence-corrected chi connectivity index (χ3v) is 5.49. The van der Waals surface area contributed by atoms with Crippen LogP contribution in [0.25, 0.3) is 0 Å². The van der Waals surface area contributed by atoms with Crippen molar-refractivity contribution in [3.63, 3.8) is 0 Å². The van der Waals surface area contributed by atoms with Gasteiger partial charge in [-0.05, 0) is 50.6 Å². The lowest BCUT2D eigenvalue weighted by Crippen LogP contribution is -2.41. The molecule has 2 atom stereocenters. The first-order valence-electron chi connectivity index (χ1n) is 9.27. The molecular formula is C20H23FN4O2. The van der Waals surface area contributed by atoms with E-state index in [-0.39, 0.29) is 17.7 Å². The van der Waals surface area contributed by atoms with E-state index in [1.807, 2.05) is 4.90 Å². The quantitative estimate of drug-likeness (QED) is 0.895. The van der Waals surface area contributed by atoms with E-state index in [1.165, 1.54) is 18.6 Å². The van der Waals surface area contributed by atoms with Gasteiger partial charge in [-0.25, -0.2) is 14.2 Å². The largest absolute Gasteiger partial charge is 0.434 e. The SMILES string of the molecule is CN1[C@H]2CC[C@@H]1CN(C(=O)Nc1cccnc1Oc1ccccc1F)CC2. The maximum atomic E-state index is 13.9. The van der Waals surface area contributed by atoms with E-state index >= 15 is 0 Å². The van der Waals surface area contributed by atoms with E-state index in [9.17, 15) is 9.18 Å². The van der Waals surface area contributed by atoms with Crippen LogP contribution in [0.15, 0.2) is 42.6 Å². The molecule has 0 radical (unpaired) electrons. The third-order valence-electron chi connectivity index (χ3n) is 5.49. The number of hydrogen-bond acceptors (Lipinski definition) is 4. The van der Waals surface area contributed by atoms with E-state index in [2.05, 4.69) is 22.2 Å². The number of carbonyl (C=O) groups is 1. The predicted molar refractivity (Wildman–Crippen MR) is 100 cm³/mol. The number of benzene rings is 1. The number of pyridine rings is 1. The van der Waals surface area contributed by atoms with Crippen LogP contribution in [0.2, 0.25) is 0 Å². The van der Waals surface area contributed by atoms with Gasteiger partial charge in [-0.2, -0.15) is 0 Å². The lowest BCUT2D eigenvalue weighted by Gasteiger charge is -2.26. The van der Waals surface area contributed by atoms with Crippen LogP contribution in [0.1, 0.15) is 19.3 Å². The van der Waals surface area contributed by atoms with Crippen LogP contribution in [0.4, 0.5) is 14.9 Å². The first-order chi connectivity index (χ1) is 13.1. The highest BCUT2D eigenvalue weighted by atomic mass is 19.1. The highest BCUT2D eigenvalue weighted by Gasteiger charge is 2.36. The number of halogens is 1. The van der Waals surface area contributed by atoms with E-state index in [4.69, 9.17) is 4.74 Å². The van der Waals surface area contributed by atoms with Crippen LogP contribution in [0.3, 0.4) is 0 Å². The summed E-state index contributed by atoms with van der Waals surface area (Å²) in [5.41, 5.74) is 0.425. The number of urea groups is 1. The monoisotopic (exact) mass is 370 g/mol. The van der Waals surface area contributed by atoms with Gasteiger partial charge in [-0.15, -0.1) is 0 Å². The van der Waals surface area contributed by atoms with Crippen molar-refractivity contribution in [2.75, 3.05) is 25.5 Å². The van der Waals surface area contributed by atoms with Gasteiger partial charge in [0.1, 0.15) is 5.69 Å². The molecule has 2 amide bonds. The Labute approximate surface area is 157 Å². The summed E-state index contributed by atoms with van der Waals surface area (Å²) in [7, 11) is 2.14. The van der Waals surface area contributed by atoms with Crippen LogP contribution in [0.5, 0.6) is 11.6 Å². The predicted octanol–water partition coefficient (Wildman–Crippen LogP) is 3.71. The molecule has 1 aromatic carbocycles. The van der Waals surface area contributed by atoms with Gasteiger partial charge in [0.25, 0.3) is 0 Å². The van der Waals surface area contributed by atoms with Gasteiger partial charge in [0.2, 0.25) is 5.88 Å². The van der Waals surface area contributed by atoms with Crippen molar-refractivity contribution in [2.24, 2.45) is 0 Å². The zero-order valence-electron chi connectivity index (χ0n) is 15.3. The molecule has 2 aromatic rings. The molecule has 4 rings (SSSR count). The van der Waals surface area contributed by atoms with Crippen molar-refractivity contribution in [3.8, 4) is 11.6 Å². The molecule has 6 nitrogen and oxygen atoms in total. The first-order valence-corrected chi connectivity index (χ1v) is 9.27. The smallest absolute Gasteiger partial charge is 0.322 e. The molecule has 2 fully saturated rings. The minimum Gasteiger partial charge on any atom is -0.434 e. The molecule has 7 heteroatoms. The molecular weight excluding hydrogens is 347 g/mol. The van der Waals surface area contributed by atoms with Crippen molar-refractivity contribution >= 4 is 11.7 Å². The molecule has 27 heavy (non-hydrogen) atoms. The van der Waals surface area contributed by atoms with Gasteiger partial charge in [-0.3, -0.25) is 4.90 Å². The Hall–Kier alpha value is -2.67. The molecule has 0 unspecified atom stereocenters. The van der Waals surface area contributed by atoms with Crippen LogP contribution in [0, 0.1) is 5.82 Å². The Morgan fingerprint density at radius 1 is 1.19 bits per heavy atom. The van der Waals surface area contributed by atoms with E-state index in [1.54, 1.807) is 30.5 Å². The number of para-hydroxylation sites is 1. The second-order valence-corrected chi connectivity index (χ2v) is 7.10. The summed E-state index contributed by atoms with van der Waals surface area (Å²) in [6, 6.07) is 10.3. The summed E-state index contributed by atoms with van der Waals surface area (Å²) in [6.45, 7) is 1.43.